The van der Waals surface area contributed by atoms with Gasteiger partial charge in [0.05, 0.1) is 12.8 Å². The van der Waals surface area contributed by atoms with Crippen LogP contribution < -0.4 is 10.5 Å². The van der Waals surface area contributed by atoms with Crippen molar-refractivity contribution in [2.45, 2.75) is 0 Å². The number of nitrogens with two attached hydrogens (primary N) is 1. The quantitative estimate of drug-likeness (QED) is 0.712. The van der Waals surface area contributed by atoms with Crippen LogP contribution in [-0.4, -0.2) is 21.6 Å². The van der Waals surface area contributed by atoms with Gasteiger partial charge in [0, 0.05) is 18.8 Å². The number of benzene rings is 1. The molecule has 0 radical (unpaired) electrons. The number of methoxy groups -OCH3 is 1. The lowest BCUT2D eigenvalue weighted by Gasteiger charge is -2.07. The first kappa shape index (κ1) is 11.5. The normalized spacial score (nSPS) is 10.8. The maximum absolute atomic E-state index is 5.83. The Labute approximate surface area is 110 Å². The number of imidazole rings is 1. The number of nitrogen functional groups attached to an aromatic ring is 1. The second kappa shape index (κ2) is 4.28. The lowest BCUT2D eigenvalue weighted by molar-refractivity contribution is 0.417. The smallest absolute Gasteiger partial charge is 0.159 e. The maximum atomic E-state index is 5.83. The summed E-state index contributed by atoms with van der Waals surface area (Å²) in [6.45, 7) is 0. The van der Waals surface area contributed by atoms with Gasteiger partial charge < -0.3 is 15.0 Å². The standard InChI is InChI=1S/C14H14N4O/c1-18-13(17-11-4-3-7-16-14(11)18)9-5-6-10(15)12(8-9)19-2/h3-8H,15H2,1-2H3. The van der Waals surface area contributed by atoms with Crippen LogP contribution in [0.15, 0.2) is 36.5 Å². The van der Waals surface area contributed by atoms with Crippen molar-refractivity contribution in [1.29, 1.82) is 0 Å². The molecule has 0 aliphatic rings. The van der Waals surface area contributed by atoms with Crippen LogP contribution in [0.4, 0.5) is 5.69 Å². The van der Waals surface area contributed by atoms with Gasteiger partial charge in [0.2, 0.25) is 0 Å². The summed E-state index contributed by atoms with van der Waals surface area (Å²) in [4.78, 5) is 8.92. The van der Waals surface area contributed by atoms with E-state index < -0.39 is 0 Å². The van der Waals surface area contributed by atoms with Crippen molar-refractivity contribution < 1.29 is 4.74 Å². The second-order valence-corrected chi connectivity index (χ2v) is 4.30. The highest BCUT2D eigenvalue weighted by molar-refractivity contribution is 5.78. The third-order valence-corrected chi connectivity index (χ3v) is 3.12. The van der Waals surface area contributed by atoms with E-state index in [-0.39, 0.29) is 0 Å². The molecule has 3 rings (SSSR count). The number of anilines is 1. The Morgan fingerprint density at radius 1 is 1.26 bits per heavy atom. The second-order valence-electron chi connectivity index (χ2n) is 4.30. The third-order valence-electron chi connectivity index (χ3n) is 3.12. The first-order chi connectivity index (χ1) is 9.20. The molecule has 0 aliphatic carbocycles. The van der Waals surface area contributed by atoms with Crippen molar-refractivity contribution in [3.63, 3.8) is 0 Å². The fourth-order valence-corrected chi connectivity index (χ4v) is 2.13. The number of rotatable bonds is 2. The minimum Gasteiger partial charge on any atom is -0.495 e. The van der Waals surface area contributed by atoms with E-state index in [0.29, 0.717) is 11.4 Å². The highest BCUT2D eigenvalue weighted by atomic mass is 16.5. The van der Waals surface area contributed by atoms with Crippen molar-refractivity contribution in [2.24, 2.45) is 7.05 Å². The van der Waals surface area contributed by atoms with Gasteiger partial charge in [0.25, 0.3) is 0 Å². The van der Waals surface area contributed by atoms with Gasteiger partial charge in [0.15, 0.2) is 5.65 Å². The van der Waals surface area contributed by atoms with Gasteiger partial charge in [-0.1, -0.05) is 0 Å². The van der Waals surface area contributed by atoms with E-state index in [0.717, 1.165) is 22.6 Å². The van der Waals surface area contributed by atoms with Crippen LogP contribution >= 0.6 is 0 Å². The predicted molar refractivity (Wildman–Crippen MR) is 74.9 cm³/mol. The van der Waals surface area contributed by atoms with Crippen LogP contribution in [0.25, 0.3) is 22.6 Å². The predicted octanol–water partition coefficient (Wildman–Crippen LogP) is 2.23. The SMILES string of the molecule is COc1cc(-c2nc3cccnc3n2C)ccc1N. The minimum absolute atomic E-state index is 0.614. The fraction of sp³-hybridized carbons (Fsp3) is 0.143. The van der Waals surface area contributed by atoms with Crippen molar-refractivity contribution in [3.05, 3.63) is 36.5 Å². The zero-order chi connectivity index (χ0) is 13.4. The minimum atomic E-state index is 0.614. The Kier molecular flexibility index (Phi) is 2.59. The Balaban J connectivity index is 2.21. The van der Waals surface area contributed by atoms with Crippen LogP contribution in [-0.2, 0) is 7.05 Å². The van der Waals surface area contributed by atoms with Gasteiger partial charge in [-0.3, -0.25) is 0 Å². The lowest BCUT2D eigenvalue weighted by Crippen LogP contribution is -1.96. The molecule has 2 aromatic heterocycles. The molecular weight excluding hydrogens is 240 g/mol. The van der Waals surface area contributed by atoms with E-state index in [4.69, 9.17) is 10.5 Å². The van der Waals surface area contributed by atoms with Crippen molar-refractivity contribution in [2.75, 3.05) is 12.8 Å². The van der Waals surface area contributed by atoms with Crippen LogP contribution in [0.3, 0.4) is 0 Å². The molecule has 0 saturated carbocycles. The topological polar surface area (TPSA) is 66.0 Å². The van der Waals surface area contributed by atoms with Gasteiger partial charge in [-0.25, -0.2) is 9.97 Å². The number of hydrogen-bond acceptors (Lipinski definition) is 4. The Bertz CT molecular complexity index is 748. The lowest BCUT2D eigenvalue weighted by atomic mass is 10.2. The average Bonchev–Trinajstić information content (AvgIpc) is 2.77. The van der Waals surface area contributed by atoms with Crippen LogP contribution in [0.5, 0.6) is 5.75 Å². The molecule has 0 unspecified atom stereocenters. The Morgan fingerprint density at radius 2 is 2.11 bits per heavy atom. The highest BCUT2D eigenvalue weighted by Crippen LogP contribution is 2.29. The van der Waals surface area contributed by atoms with Gasteiger partial charge in [0.1, 0.15) is 17.1 Å². The summed E-state index contributed by atoms with van der Waals surface area (Å²) < 4.78 is 7.20. The number of fused-ring (bicyclic) bond motifs is 1. The summed E-state index contributed by atoms with van der Waals surface area (Å²) in [6.07, 6.45) is 1.76. The number of aromatic nitrogens is 3. The first-order valence-electron chi connectivity index (χ1n) is 5.92. The largest absolute Gasteiger partial charge is 0.495 e. The molecule has 96 valence electrons. The fourth-order valence-electron chi connectivity index (χ4n) is 2.13. The van der Waals surface area contributed by atoms with Gasteiger partial charge >= 0.3 is 0 Å². The molecular formula is C14H14N4O. The van der Waals surface area contributed by atoms with E-state index >= 15 is 0 Å². The summed E-state index contributed by atoms with van der Waals surface area (Å²) in [6, 6.07) is 9.46. The molecule has 0 spiro atoms. The van der Waals surface area contributed by atoms with Crippen molar-refractivity contribution in [1.82, 2.24) is 14.5 Å². The van der Waals surface area contributed by atoms with Gasteiger partial charge in [-0.15, -0.1) is 0 Å². The Hall–Kier alpha value is -2.56. The van der Waals surface area contributed by atoms with Crippen LogP contribution in [0, 0.1) is 0 Å². The zero-order valence-electron chi connectivity index (χ0n) is 10.8. The number of hydrogen-bond donors (Lipinski definition) is 1. The first-order valence-corrected chi connectivity index (χ1v) is 5.92. The molecule has 0 atom stereocenters. The summed E-state index contributed by atoms with van der Waals surface area (Å²) in [7, 11) is 3.55. The molecule has 3 aromatic rings. The maximum Gasteiger partial charge on any atom is 0.159 e. The van der Waals surface area contributed by atoms with Gasteiger partial charge in [-0.2, -0.15) is 0 Å². The van der Waals surface area contributed by atoms with E-state index in [1.54, 1.807) is 13.3 Å². The molecule has 0 bridgehead atoms. The molecule has 5 nitrogen and oxygen atoms in total. The van der Waals surface area contributed by atoms with Crippen LogP contribution in [0.1, 0.15) is 0 Å². The summed E-state index contributed by atoms with van der Waals surface area (Å²) in [5.74, 6) is 1.49. The number of aryl methyl sites for hydroxylation is 1. The van der Waals surface area contributed by atoms with E-state index in [2.05, 4.69) is 9.97 Å². The highest BCUT2D eigenvalue weighted by Gasteiger charge is 2.11. The summed E-state index contributed by atoms with van der Waals surface area (Å²) in [5.41, 5.74) is 9.12. The molecule has 0 fully saturated rings. The van der Waals surface area contributed by atoms with Crippen molar-refractivity contribution >= 4 is 16.9 Å². The molecule has 19 heavy (non-hydrogen) atoms. The molecule has 0 saturated heterocycles. The number of nitrogens with zero attached hydrogens (tertiary/aromatic N) is 3. The van der Waals surface area contributed by atoms with E-state index in [1.165, 1.54) is 0 Å². The van der Waals surface area contributed by atoms with Gasteiger partial charge in [-0.05, 0) is 30.3 Å². The molecule has 1 aromatic carbocycles. The van der Waals surface area contributed by atoms with E-state index in [9.17, 15) is 0 Å². The molecule has 0 aliphatic heterocycles. The summed E-state index contributed by atoms with van der Waals surface area (Å²) >= 11 is 0. The molecule has 0 amide bonds. The third kappa shape index (κ3) is 1.79. The van der Waals surface area contributed by atoms with Crippen LogP contribution in [0.2, 0.25) is 0 Å². The molecule has 2 N–H and O–H groups in total. The number of pyridine rings is 1. The Morgan fingerprint density at radius 3 is 2.84 bits per heavy atom. The van der Waals surface area contributed by atoms with Crippen molar-refractivity contribution in [3.8, 4) is 17.1 Å². The van der Waals surface area contributed by atoms with E-state index in [1.807, 2.05) is 41.9 Å². The zero-order valence-corrected chi connectivity index (χ0v) is 10.8. The monoisotopic (exact) mass is 254 g/mol. The summed E-state index contributed by atoms with van der Waals surface area (Å²) in [5, 5.41) is 0. The average molecular weight is 254 g/mol. The molecule has 2 heterocycles. The number of ether oxygens (including phenoxy) is 1. The molecule has 5 heteroatoms.